The van der Waals surface area contributed by atoms with Gasteiger partial charge in [0.25, 0.3) is 5.91 Å². The van der Waals surface area contributed by atoms with Crippen LogP contribution in [-0.4, -0.2) is 44.4 Å². The topological polar surface area (TPSA) is 82.3 Å². The maximum absolute atomic E-state index is 14.3. The lowest BCUT2D eigenvalue weighted by atomic mass is 9.86. The molecule has 0 spiro atoms. The first kappa shape index (κ1) is 28.6. The van der Waals surface area contributed by atoms with E-state index in [1.807, 2.05) is 4.90 Å². The van der Waals surface area contributed by atoms with Crippen LogP contribution >= 0.6 is 0 Å². The standard InChI is InChI=1S/C31H38FN3O3SSi/c1-5-6-10-24-20-27-26-19-22(32)13-16-28(26)33-30(27)31(35(24)29(36)17-18-40(2,3)4)21-11-14-25(15-12-21)39(37,38)34-23-8-7-9-23/h11-16,19,23-24,31,33-34H,5-10,20H2,1-4H3/t24-,31?/m0/s1. The Morgan fingerprint density at radius 2 is 1.88 bits per heavy atom. The minimum atomic E-state index is -3.63. The highest BCUT2D eigenvalue weighted by Crippen LogP contribution is 2.42. The van der Waals surface area contributed by atoms with Crippen molar-refractivity contribution in [3.63, 3.8) is 0 Å². The summed E-state index contributed by atoms with van der Waals surface area (Å²) in [6.07, 6.45) is 6.09. The van der Waals surface area contributed by atoms with Gasteiger partial charge in [-0.05, 0) is 73.1 Å². The molecule has 2 aliphatic rings. The highest BCUT2D eigenvalue weighted by atomic mass is 32.2. The average Bonchev–Trinajstić information content (AvgIpc) is 3.24. The fraction of sp³-hybridized carbons (Fsp3) is 0.452. The van der Waals surface area contributed by atoms with Crippen molar-refractivity contribution in [1.29, 1.82) is 0 Å². The Morgan fingerprint density at radius 3 is 2.50 bits per heavy atom. The minimum absolute atomic E-state index is 0.00491. The highest BCUT2D eigenvalue weighted by Gasteiger charge is 2.40. The summed E-state index contributed by atoms with van der Waals surface area (Å²) in [5.74, 6) is 2.43. The molecule has 40 heavy (non-hydrogen) atoms. The summed E-state index contributed by atoms with van der Waals surface area (Å²) < 4.78 is 43.0. The second-order valence-electron chi connectivity index (χ2n) is 12.1. The number of hydrogen-bond acceptors (Lipinski definition) is 3. The first-order valence-corrected chi connectivity index (χ1v) is 19.2. The van der Waals surface area contributed by atoms with Crippen LogP contribution < -0.4 is 4.72 Å². The van der Waals surface area contributed by atoms with Crippen LogP contribution in [0.2, 0.25) is 19.6 Å². The number of unbranched alkanes of at least 4 members (excludes halogenated alkanes) is 1. The number of nitrogens with zero attached hydrogens (tertiary/aromatic N) is 1. The Bertz CT molecular complexity index is 1580. The molecule has 1 aliphatic heterocycles. The van der Waals surface area contributed by atoms with Gasteiger partial charge in [0.1, 0.15) is 13.9 Å². The van der Waals surface area contributed by atoms with Gasteiger partial charge in [0.15, 0.2) is 0 Å². The molecule has 0 radical (unpaired) electrons. The van der Waals surface area contributed by atoms with Crippen molar-refractivity contribution in [2.45, 2.75) is 94.5 Å². The number of sulfonamides is 1. The quantitative estimate of drug-likeness (QED) is 0.264. The lowest BCUT2D eigenvalue weighted by Crippen LogP contribution is -2.47. The van der Waals surface area contributed by atoms with E-state index < -0.39 is 24.1 Å². The van der Waals surface area contributed by atoms with Gasteiger partial charge in [-0.25, -0.2) is 17.5 Å². The Hall–Kier alpha value is -2.93. The third-order valence-corrected chi connectivity index (χ3v) is 10.3. The Morgan fingerprint density at radius 1 is 1.15 bits per heavy atom. The molecule has 1 fully saturated rings. The third-order valence-electron chi connectivity index (χ3n) is 7.89. The molecule has 1 aromatic heterocycles. The summed E-state index contributed by atoms with van der Waals surface area (Å²) in [6, 6.07) is 10.9. The molecule has 3 aromatic rings. The zero-order chi connectivity index (χ0) is 28.7. The van der Waals surface area contributed by atoms with E-state index in [2.05, 4.69) is 47.7 Å². The van der Waals surface area contributed by atoms with Gasteiger partial charge < -0.3 is 9.88 Å². The number of amides is 1. The molecule has 1 unspecified atom stereocenters. The number of carbonyl (C=O) groups is 1. The molecule has 1 saturated carbocycles. The van der Waals surface area contributed by atoms with E-state index >= 15 is 0 Å². The third kappa shape index (κ3) is 5.90. The number of hydrogen-bond donors (Lipinski definition) is 2. The van der Waals surface area contributed by atoms with E-state index in [0.717, 1.165) is 66.2 Å². The molecular formula is C31H38FN3O3SSi. The van der Waals surface area contributed by atoms with E-state index in [1.165, 1.54) is 6.07 Å². The van der Waals surface area contributed by atoms with Crippen LogP contribution in [-0.2, 0) is 21.2 Å². The Labute approximate surface area is 237 Å². The van der Waals surface area contributed by atoms with Gasteiger partial charge in [0, 0.05) is 28.7 Å². The zero-order valence-electron chi connectivity index (χ0n) is 23.7. The van der Waals surface area contributed by atoms with Crippen LogP contribution in [0.3, 0.4) is 0 Å². The fourth-order valence-electron chi connectivity index (χ4n) is 5.62. The van der Waals surface area contributed by atoms with Crippen molar-refractivity contribution in [2.75, 3.05) is 0 Å². The SMILES string of the molecule is CCCC[C@H]1Cc2c([nH]c3ccc(F)cc23)C(c2ccc(S(=O)(=O)NC3CCC3)cc2)N1C(=O)C#C[Si](C)(C)C. The number of fused-ring (bicyclic) bond motifs is 3. The molecule has 5 rings (SSSR count). The van der Waals surface area contributed by atoms with Gasteiger partial charge in [-0.1, -0.05) is 58.0 Å². The maximum Gasteiger partial charge on any atom is 0.298 e. The predicted octanol–water partition coefficient (Wildman–Crippen LogP) is 6.05. The van der Waals surface area contributed by atoms with Gasteiger partial charge in [0.2, 0.25) is 10.0 Å². The fourth-order valence-corrected chi connectivity index (χ4v) is 7.40. The summed E-state index contributed by atoms with van der Waals surface area (Å²) in [5, 5.41) is 0.825. The summed E-state index contributed by atoms with van der Waals surface area (Å²) in [7, 11) is -5.44. The summed E-state index contributed by atoms with van der Waals surface area (Å²) in [6.45, 7) is 8.45. The number of aromatic amines is 1. The molecule has 2 aromatic carbocycles. The van der Waals surface area contributed by atoms with E-state index in [9.17, 15) is 17.6 Å². The van der Waals surface area contributed by atoms with Crippen molar-refractivity contribution in [2.24, 2.45) is 0 Å². The molecule has 9 heteroatoms. The molecule has 6 nitrogen and oxygen atoms in total. The second kappa shape index (κ2) is 11.2. The number of aromatic nitrogens is 1. The lowest BCUT2D eigenvalue weighted by molar-refractivity contribution is -0.130. The monoisotopic (exact) mass is 579 g/mol. The number of benzene rings is 2. The second-order valence-corrected chi connectivity index (χ2v) is 18.6. The van der Waals surface area contributed by atoms with Crippen LogP contribution in [0.5, 0.6) is 0 Å². The first-order valence-electron chi connectivity index (χ1n) is 14.2. The van der Waals surface area contributed by atoms with Crippen LogP contribution in [0.25, 0.3) is 10.9 Å². The minimum Gasteiger partial charge on any atom is -0.356 e. The van der Waals surface area contributed by atoms with Crippen LogP contribution in [0.15, 0.2) is 47.4 Å². The van der Waals surface area contributed by atoms with Gasteiger partial charge in [-0.15, -0.1) is 5.54 Å². The largest absolute Gasteiger partial charge is 0.356 e. The molecule has 212 valence electrons. The van der Waals surface area contributed by atoms with Crippen molar-refractivity contribution in [3.8, 4) is 11.5 Å². The molecular weight excluding hydrogens is 542 g/mol. The van der Waals surface area contributed by atoms with Crippen LogP contribution in [0.1, 0.15) is 68.3 Å². The van der Waals surface area contributed by atoms with Gasteiger partial charge in [-0.2, -0.15) is 0 Å². The highest BCUT2D eigenvalue weighted by molar-refractivity contribution is 7.89. The molecule has 2 heterocycles. The summed E-state index contributed by atoms with van der Waals surface area (Å²) >= 11 is 0. The number of rotatable bonds is 7. The van der Waals surface area contributed by atoms with Gasteiger partial charge in [-0.3, -0.25) is 4.79 Å². The molecule has 2 atom stereocenters. The van der Waals surface area contributed by atoms with Crippen molar-refractivity contribution >= 4 is 34.9 Å². The number of H-pyrrole nitrogens is 1. The predicted molar refractivity (Wildman–Crippen MR) is 159 cm³/mol. The zero-order valence-corrected chi connectivity index (χ0v) is 25.5. The normalized spacial score (nSPS) is 19.6. The molecule has 2 N–H and O–H groups in total. The van der Waals surface area contributed by atoms with Gasteiger partial charge in [0.05, 0.1) is 10.9 Å². The summed E-state index contributed by atoms with van der Waals surface area (Å²) in [4.78, 5) is 19.4. The number of nitrogens with one attached hydrogen (secondary N) is 2. The number of carbonyl (C=O) groups excluding carboxylic acids is 1. The Kier molecular flexibility index (Phi) is 7.97. The maximum atomic E-state index is 14.3. The van der Waals surface area contributed by atoms with Crippen molar-refractivity contribution in [1.82, 2.24) is 14.6 Å². The lowest BCUT2D eigenvalue weighted by Gasteiger charge is -2.41. The molecule has 1 amide bonds. The van der Waals surface area contributed by atoms with Crippen LogP contribution in [0.4, 0.5) is 4.39 Å². The average molecular weight is 580 g/mol. The van der Waals surface area contributed by atoms with Crippen LogP contribution in [0, 0.1) is 17.3 Å². The first-order chi connectivity index (χ1) is 19.0. The van der Waals surface area contributed by atoms with E-state index in [1.54, 1.807) is 36.4 Å². The smallest absolute Gasteiger partial charge is 0.298 e. The molecule has 0 bridgehead atoms. The van der Waals surface area contributed by atoms with E-state index in [4.69, 9.17) is 0 Å². The van der Waals surface area contributed by atoms with E-state index in [-0.39, 0.29) is 28.7 Å². The number of halogens is 1. The summed E-state index contributed by atoms with van der Waals surface area (Å²) in [5.41, 5.74) is 6.68. The van der Waals surface area contributed by atoms with Gasteiger partial charge >= 0.3 is 0 Å². The van der Waals surface area contributed by atoms with Crippen molar-refractivity contribution < 1.29 is 17.6 Å². The van der Waals surface area contributed by atoms with E-state index in [0.29, 0.717) is 6.42 Å². The molecule has 1 aliphatic carbocycles. The van der Waals surface area contributed by atoms with Crippen molar-refractivity contribution in [3.05, 3.63) is 65.1 Å². The Balaban J connectivity index is 1.62. The molecule has 0 saturated heterocycles.